The molecule has 1 heterocycles. The van der Waals surface area contributed by atoms with Crippen molar-refractivity contribution in [3.63, 3.8) is 0 Å². The molecular weight excluding hydrogens is 454 g/mol. The lowest BCUT2D eigenvalue weighted by atomic mass is 10.1. The molecule has 3 rings (SSSR count). The number of cyclic esters (lactones) is 1. The molecule has 2 aromatic carbocycles. The maximum atomic E-state index is 12.3. The van der Waals surface area contributed by atoms with Crippen LogP contribution in [0.25, 0.3) is 6.08 Å². The minimum atomic E-state index is -0.540. The molecule has 0 spiro atoms. The first-order chi connectivity index (χ1) is 14.5. The number of hydrogen-bond donors (Lipinski definition) is 0. The second-order valence-electron chi connectivity index (χ2n) is 6.05. The Bertz CT molecular complexity index is 1010. The minimum Gasteiger partial charge on any atom is -0.490 e. The van der Waals surface area contributed by atoms with Gasteiger partial charge >= 0.3 is 11.9 Å². The zero-order valence-corrected chi connectivity index (χ0v) is 18.1. The fourth-order valence-electron chi connectivity index (χ4n) is 2.66. The number of carbonyl (C=O) groups excluding carboxylic acids is 2. The zero-order valence-electron chi connectivity index (χ0n) is 16.5. The van der Waals surface area contributed by atoms with Gasteiger partial charge in [0.2, 0.25) is 5.90 Å². The third kappa shape index (κ3) is 5.27. The predicted molar refractivity (Wildman–Crippen MR) is 114 cm³/mol. The van der Waals surface area contributed by atoms with Crippen LogP contribution in [0, 0.1) is 0 Å². The van der Waals surface area contributed by atoms with Gasteiger partial charge in [0, 0.05) is 4.47 Å². The van der Waals surface area contributed by atoms with Gasteiger partial charge in [0.15, 0.2) is 23.8 Å². The Balaban J connectivity index is 1.84. The molecule has 2 aromatic rings. The van der Waals surface area contributed by atoms with Crippen LogP contribution in [0.3, 0.4) is 0 Å². The molecule has 8 heteroatoms. The van der Waals surface area contributed by atoms with Crippen LogP contribution in [0.2, 0.25) is 0 Å². The van der Waals surface area contributed by atoms with Crippen molar-refractivity contribution in [1.82, 2.24) is 0 Å². The standard InChI is InChI=1S/C22H20BrNO6/c1-3-27-19-12-14(9-10-18(19)29-13-20(25)28-4-2)11-17-22(26)30-21(24-17)15-7-5-6-8-16(15)23/h5-12H,3-4,13H2,1-2H3/b17-11-. The zero-order chi connectivity index (χ0) is 21.5. The first kappa shape index (κ1) is 21.6. The predicted octanol–water partition coefficient (Wildman–Crippen LogP) is 4.13. The smallest absolute Gasteiger partial charge is 0.363 e. The minimum absolute atomic E-state index is 0.170. The van der Waals surface area contributed by atoms with E-state index in [4.69, 9.17) is 18.9 Å². The Morgan fingerprint density at radius 1 is 1.10 bits per heavy atom. The van der Waals surface area contributed by atoms with Crippen molar-refractivity contribution in [3.8, 4) is 11.5 Å². The van der Waals surface area contributed by atoms with Crippen molar-refractivity contribution in [2.24, 2.45) is 4.99 Å². The molecule has 30 heavy (non-hydrogen) atoms. The SMILES string of the molecule is CCOC(=O)COc1ccc(/C=C2\N=C(c3ccccc3Br)OC2=O)cc1OCC. The van der Waals surface area contributed by atoms with Gasteiger partial charge in [-0.3, -0.25) is 0 Å². The maximum Gasteiger partial charge on any atom is 0.363 e. The second kappa shape index (κ2) is 10.1. The van der Waals surface area contributed by atoms with E-state index in [1.165, 1.54) is 0 Å². The van der Waals surface area contributed by atoms with Gasteiger partial charge in [-0.15, -0.1) is 0 Å². The summed E-state index contributed by atoms with van der Waals surface area (Å²) in [6.45, 7) is 4.03. The fourth-order valence-corrected chi connectivity index (χ4v) is 3.11. The highest BCUT2D eigenvalue weighted by atomic mass is 79.9. The van der Waals surface area contributed by atoms with E-state index >= 15 is 0 Å². The average molecular weight is 474 g/mol. The number of carbonyl (C=O) groups is 2. The lowest BCUT2D eigenvalue weighted by Crippen LogP contribution is -2.15. The Morgan fingerprint density at radius 2 is 1.90 bits per heavy atom. The normalized spacial score (nSPS) is 14.3. The fraction of sp³-hybridized carbons (Fsp3) is 0.227. The summed E-state index contributed by atoms with van der Waals surface area (Å²) < 4.78 is 22.0. The van der Waals surface area contributed by atoms with E-state index in [1.807, 2.05) is 31.2 Å². The van der Waals surface area contributed by atoms with Crippen molar-refractivity contribution in [2.45, 2.75) is 13.8 Å². The highest BCUT2D eigenvalue weighted by Crippen LogP contribution is 2.30. The molecule has 0 unspecified atom stereocenters. The molecule has 0 aromatic heterocycles. The molecule has 0 bridgehead atoms. The van der Waals surface area contributed by atoms with E-state index < -0.39 is 11.9 Å². The molecule has 7 nitrogen and oxygen atoms in total. The highest BCUT2D eigenvalue weighted by Gasteiger charge is 2.25. The molecule has 1 aliphatic heterocycles. The Morgan fingerprint density at radius 3 is 2.63 bits per heavy atom. The first-order valence-electron chi connectivity index (χ1n) is 9.34. The third-order valence-electron chi connectivity index (χ3n) is 3.95. The van der Waals surface area contributed by atoms with Crippen LogP contribution in [-0.2, 0) is 19.1 Å². The van der Waals surface area contributed by atoms with Crippen LogP contribution >= 0.6 is 15.9 Å². The molecule has 1 aliphatic rings. The van der Waals surface area contributed by atoms with Gasteiger partial charge in [0.1, 0.15) is 0 Å². The summed E-state index contributed by atoms with van der Waals surface area (Å²) in [5.74, 6) is 0.0734. The van der Waals surface area contributed by atoms with Gasteiger partial charge in [0.05, 0.1) is 18.8 Å². The molecule has 0 aliphatic carbocycles. The number of nitrogens with zero attached hydrogens (tertiary/aromatic N) is 1. The maximum absolute atomic E-state index is 12.3. The van der Waals surface area contributed by atoms with Gasteiger partial charge in [0.25, 0.3) is 0 Å². The number of benzene rings is 2. The van der Waals surface area contributed by atoms with Crippen LogP contribution in [-0.4, -0.2) is 37.7 Å². The van der Waals surface area contributed by atoms with Crippen LogP contribution in [0.1, 0.15) is 25.0 Å². The summed E-state index contributed by atoms with van der Waals surface area (Å²) in [5, 5.41) is 0. The van der Waals surface area contributed by atoms with E-state index in [2.05, 4.69) is 20.9 Å². The van der Waals surface area contributed by atoms with Crippen LogP contribution < -0.4 is 9.47 Å². The summed E-state index contributed by atoms with van der Waals surface area (Å²) in [5.41, 5.74) is 1.53. The monoisotopic (exact) mass is 473 g/mol. The summed E-state index contributed by atoms with van der Waals surface area (Å²) in [6.07, 6.45) is 1.60. The number of rotatable bonds is 8. The summed E-state index contributed by atoms with van der Waals surface area (Å²) in [4.78, 5) is 28.1. The van der Waals surface area contributed by atoms with Crippen molar-refractivity contribution in [1.29, 1.82) is 0 Å². The number of ether oxygens (including phenoxy) is 4. The van der Waals surface area contributed by atoms with E-state index in [9.17, 15) is 9.59 Å². The number of hydrogen-bond acceptors (Lipinski definition) is 7. The topological polar surface area (TPSA) is 83.4 Å². The second-order valence-corrected chi connectivity index (χ2v) is 6.90. The first-order valence-corrected chi connectivity index (χ1v) is 10.1. The van der Waals surface area contributed by atoms with E-state index in [0.29, 0.717) is 29.2 Å². The number of halogens is 1. The van der Waals surface area contributed by atoms with E-state index in [-0.39, 0.29) is 24.8 Å². The molecule has 0 N–H and O–H groups in total. The molecule has 156 valence electrons. The van der Waals surface area contributed by atoms with Gasteiger partial charge in [-0.2, -0.15) is 0 Å². The number of esters is 2. The summed E-state index contributed by atoms with van der Waals surface area (Å²) in [7, 11) is 0. The Hall–Kier alpha value is -3.13. The average Bonchev–Trinajstić information content (AvgIpc) is 3.08. The lowest BCUT2D eigenvalue weighted by Gasteiger charge is -2.12. The molecule has 0 radical (unpaired) electrons. The Kier molecular flexibility index (Phi) is 7.24. The molecule has 0 amide bonds. The number of aliphatic imine (C=N–C) groups is 1. The summed E-state index contributed by atoms with van der Waals surface area (Å²) in [6, 6.07) is 12.4. The van der Waals surface area contributed by atoms with Gasteiger partial charge < -0.3 is 18.9 Å². The largest absolute Gasteiger partial charge is 0.490 e. The quantitative estimate of drug-likeness (QED) is 0.423. The molecule has 0 saturated heterocycles. The van der Waals surface area contributed by atoms with Crippen LogP contribution in [0.5, 0.6) is 11.5 Å². The Labute approximate surface area is 182 Å². The van der Waals surface area contributed by atoms with E-state index in [0.717, 1.165) is 4.47 Å². The third-order valence-corrected chi connectivity index (χ3v) is 4.64. The van der Waals surface area contributed by atoms with Crippen molar-refractivity contribution in [2.75, 3.05) is 19.8 Å². The van der Waals surface area contributed by atoms with Crippen LogP contribution in [0.4, 0.5) is 0 Å². The van der Waals surface area contributed by atoms with Crippen molar-refractivity contribution < 1.29 is 28.5 Å². The highest BCUT2D eigenvalue weighted by molar-refractivity contribution is 9.10. The van der Waals surface area contributed by atoms with Gasteiger partial charge in [-0.1, -0.05) is 18.2 Å². The lowest BCUT2D eigenvalue weighted by molar-refractivity contribution is -0.145. The molecule has 0 atom stereocenters. The van der Waals surface area contributed by atoms with Crippen LogP contribution in [0.15, 0.2) is 57.6 Å². The molecule has 0 saturated carbocycles. The van der Waals surface area contributed by atoms with Gasteiger partial charge in [-0.25, -0.2) is 14.6 Å². The molecular formula is C22H20BrNO6. The van der Waals surface area contributed by atoms with Crippen molar-refractivity contribution in [3.05, 3.63) is 63.8 Å². The van der Waals surface area contributed by atoms with Crippen molar-refractivity contribution >= 4 is 39.8 Å². The summed E-state index contributed by atoms with van der Waals surface area (Å²) >= 11 is 3.43. The van der Waals surface area contributed by atoms with E-state index in [1.54, 1.807) is 31.2 Å². The van der Waals surface area contributed by atoms with Gasteiger partial charge in [-0.05, 0) is 65.7 Å². The molecule has 0 fully saturated rings.